The van der Waals surface area contributed by atoms with Gasteiger partial charge in [-0.15, -0.1) is 0 Å². The van der Waals surface area contributed by atoms with Crippen LogP contribution in [0.15, 0.2) is 71.8 Å². The minimum Gasteiger partial charge on any atom is -0.481 e. The highest BCUT2D eigenvalue weighted by atomic mass is 16.6. The number of benzene rings is 3. The van der Waals surface area contributed by atoms with Gasteiger partial charge >= 0.3 is 12.1 Å². The molecule has 32 heavy (non-hydrogen) atoms. The topological polar surface area (TPSA) is 116 Å². The number of rotatable bonds is 6. The smallest absolute Gasteiger partial charge is 0.414 e. The van der Waals surface area contributed by atoms with Crippen molar-refractivity contribution in [3.63, 3.8) is 0 Å². The number of ether oxygens (including phenoxy) is 1. The Morgan fingerprint density at radius 3 is 2.28 bits per heavy atom. The molecule has 4 rings (SSSR count). The molecule has 1 N–H and O–H groups in total. The lowest BCUT2D eigenvalue weighted by Gasteiger charge is -2.20. The van der Waals surface area contributed by atoms with E-state index in [9.17, 15) is 9.59 Å². The van der Waals surface area contributed by atoms with Crippen LogP contribution in [0, 0.1) is 0 Å². The first-order valence-electron chi connectivity index (χ1n) is 9.97. The Balaban J connectivity index is 1.54. The largest absolute Gasteiger partial charge is 0.481 e. The standard InChI is InChI=1S/C24H20N4O4/c1-28(17-11-15(12-23(29)30)10-16(13-17)26-27-25)24(31)32-14-22-20-8-4-2-6-18(20)19-7-3-5-9-21(19)22/h2-11,13,22H,12,14H2,1H3,(H,29,30). The summed E-state index contributed by atoms with van der Waals surface area (Å²) >= 11 is 0. The van der Waals surface area contributed by atoms with Gasteiger partial charge in [-0.2, -0.15) is 0 Å². The van der Waals surface area contributed by atoms with Crippen LogP contribution in [0.4, 0.5) is 16.2 Å². The zero-order chi connectivity index (χ0) is 22.7. The van der Waals surface area contributed by atoms with E-state index in [1.165, 1.54) is 24.1 Å². The molecule has 0 fully saturated rings. The number of carboxylic acid groups (broad SMARTS) is 1. The molecule has 0 saturated carbocycles. The van der Waals surface area contributed by atoms with Crippen LogP contribution in [0.2, 0.25) is 0 Å². The van der Waals surface area contributed by atoms with E-state index >= 15 is 0 Å². The number of carboxylic acids is 1. The zero-order valence-corrected chi connectivity index (χ0v) is 17.3. The zero-order valence-electron chi connectivity index (χ0n) is 17.3. The minimum absolute atomic E-state index is 0.0724. The van der Waals surface area contributed by atoms with Crippen molar-refractivity contribution in [1.29, 1.82) is 0 Å². The molecule has 0 heterocycles. The van der Waals surface area contributed by atoms with E-state index < -0.39 is 12.1 Å². The van der Waals surface area contributed by atoms with Gasteiger partial charge in [0.1, 0.15) is 6.61 Å². The van der Waals surface area contributed by atoms with Crippen molar-refractivity contribution in [3.05, 3.63) is 93.9 Å². The van der Waals surface area contributed by atoms with Crippen molar-refractivity contribution >= 4 is 23.4 Å². The van der Waals surface area contributed by atoms with Gasteiger partial charge < -0.3 is 9.84 Å². The first kappa shape index (κ1) is 21.0. The van der Waals surface area contributed by atoms with Gasteiger partial charge in [0.25, 0.3) is 0 Å². The maximum atomic E-state index is 12.8. The number of hydrogen-bond donors (Lipinski definition) is 1. The molecule has 0 spiro atoms. The van der Waals surface area contributed by atoms with Crippen molar-refractivity contribution in [3.8, 4) is 11.1 Å². The maximum absolute atomic E-state index is 12.8. The van der Waals surface area contributed by atoms with Crippen LogP contribution in [0.25, 0.3) is 21.6 Å². The molecule has 8 heteroatoms. The molecular weight excluding hydrogens is 408 g/mol. The lowest BCUT2D eigenvalue weighted by atomic mass is 9.98. The summed E-state index contributed by atoms with van der Waals surface area (Å²) < 4.78 is 5.64. The molecular formula is C24H20N4O4. The summed E-state index contributed by atoms with van der Waals surface area (Å²) in [5.74, 6) is -1.10. The third-order valence-electron chi connectivity index (χ3n) is 5.48. The summed E-state index contributed by atoms with van der Waals surface area (Å²) in [5.41, 5.74) is 14.2. The van der Waals surface area contributed by atoms with Gasteiger partial charge in [-0.1, -0.05) is 53.6 Å². The average molecular weight is 428 g/mol. The average Bonchev–Trinajstić information content (AvgIpc) is 3.10. The fourth-order valence-corrected chi connectivity index (χ4v) is 4.03. The lowest BCUT2D eigenvalue weighted by molar-refractivity contribution is -0.136. The molecule has 0 radical (unpaired) electrons. The third-order valence-corrected chi connectivity index (χ3v) is 5.48. The van der Waals surface area contributed by atoms with E-state index in [2.05, 4.69) is 22.2 Å². The number of carbonyl (C=O) groups is 2. The van der Waals surface area contributed by atoms with Crippen molar-refractivity contribution in [2.45, 2.75) is 12.3 Å². The Morgan fingerprint density at radius 1 is 1.06 bits per heavy atom. The van der Waals surface area contributed by atoms with Crippen LogP contribution < -0.4 is 4.90 Å². The quantitative estimate of drug-likeness (QED) is 0.311. The van der Waals surface area contributed by atoms with Crippen LogP contribution in [0.5, 0.6) is 0 Å². The second-order valence-corrected chi connectivity index (χ2v) is 7.48. The summed E-state index contributed by atoms with van der Waals surface area (Å²) in [6, 6.07) is 20.7. The summed E-state index contributed by atoms with van der Waals surface area (Å²) in [6.07, 6.45) is -0.855. The fraction of sp³-hybridized carbons (Fsp3) is 0.167. The predicted molar refractivity (Wildman–Crippen MR) is 120 cm³/mol. The predicted octanol–water partition coefficient (Wildman–Crippen LogP) is 5.64. The van der Waals surface area contributed by atoms with Crippen LogP contribution in [-0.4, -0.2) is 30.8 Å². The van der Waals surface area contributed by atoms with E-state index in [-0.39, 0.29) is 24.6 Å². The van der Waals surface area contributed by atoms with Crippen LogP contribution in [-0.2, 0) is 16.0 Å². The number of nitrogens with zero attached hydrogens (tertiary/aromatic N) is 4. The minimum atomic E-state index is -1.03. The molecule has 1 amide bonds. The molecule has 0 atom stereocenters. The molecule has 8 nitrogen and oxygen atoms in total. The van der Waals surface area contributed by atoms with Gasteiger partial charge in [-0.05, 0) is 51.5 Å². The monoisotopic (exact) mass is 428 g/mol. The van der Waals surface area contributed by atoms with Gasteiger partial charge in [-0.3, -0.25) is 9.69 Å². The second kappa shape index (κ2) is 8.83. The number of anilines is 1. The van der Waals surface area contributed by atoms with E-state index in [4.69, 9.17) is 15.4 Å². The van der Waals surface area contributed by atoms with Gasteiger partial charge in [0.05, 0.1) is 6.42 Å². The number of carbonyl (C=O) groups excluding carboxylic acids is 1. The molecule has 0 unspecified atom stereocenters. The van der Waals surface area contributed by atoms with Gasteiger partial charge in [0.2, 0.25) is 0 Å². The van der Waals surface area contributed by atoms with Crippen molar-refractivity contribution in [2.75, 3.05) is 18.6 Å². The van der Waals surface area contributed by atoms with Gasteiger partial charge in [0, 0.05) is 29.3 Å². The molecule has 1 aliphatic rings. The van der Waals surface area contributed by atoms with Crippen molar-refractivity contribution in [2.24, 2.45) is 5.11 Å². The second-order valence-electron chi connectivity index (χ2n) is 7.48. The van der Waals surface area contributed by atoms with E-state index in [1.54, 1.807) is 6.07 Å². The Bertz CT molecular complexity index is 1200. The number of amides is 1. The van der Waals surface area contributed by atoms with Crippen LogP contribution in [0.3, 0.4) is 0 Å². The van der Waals surface area contributed by atoms with Crippen LogP contribution >= 0.6 is 0 Å². The molecule has 0 aromatic heterocycles. The van der Waals surface area contributed by atoms with Gasteiger partial charge in [0.15, 0.2) is 0 Å². The van der Waals surface area contributed by atoms with E-state index in [0.29, 0.717) is 11.3 Å². The summed E-state index contributed by atoms with van der Waals surface area (Å²) in [5, 5.41) is 12.6. The number of fused-ring (bicyclic) bond motifs is 3. The Hall–Kier alpha value is -4.29. The molecule has 3 aromatic rings. The Labute approximate surface area is 184 Å². The highest BCUT2D eigenvalue weighted by Crippen LogP contribution is 2.44. The third kappa shape index (κ3) is 4.12. The fourth-order valence-electron chi connectivity index (χ4n) is 4.03. The first-order chi connectivity index (χ1) is 15.5. The normalized spacial score (nSPS) is 11.8. The molecule has 0 bridgehead atoms. The SMILES string of the molecule is CN(C(=O)OCC1c2ccccc2-c2ccccc21)c1cc(CC(=O)O)cc(N=[N+]=[N-])c1. The van der Waals surface area contributed by atoms with Crippen molar-refractivity contribution in [1.82, 2.24) is 0 Å². The first-order valence-corrected chi connectivity index (χ1v) is 9.97. The Morgan fingerprint density at radius 2 is 1.69 bits per heavy atom. The molecule has 160 valence electrons. The number of azide groups is 1. The number of aliphatic carboxylic acids is 1. The molecule has 0 saturated heterocycles. The van der Waals surface area contributed by atoms with Crippen LogP contribution in [0.1, 0.15) is 22.6 Å². The molecule has 3 aromatic carbocycles. The highest BCUT2D eigenvalue weighted by Gasteiger charge is 2.29. The summed E-state index contributed by atoms with van der Waals surface area (Å²) in [7, 11) is 1.53. The molecule has 1 aliphatic carbocycles. The van der Waals surface area contributed by atoms with E-state index in [1.807, 2.05) is 36.4 Å². The Kier molecular flexibility index (Phi) is 5.79. The maximum Gasteiger partial charge on any atom is 0.414 e. The van der Waals surface area contributed by atoms with E-state index in [0.717, 1.165) is 22.3 Å². The molecule has 0 aliphatic heterocycles. The number of hydrogen-bond acceptors (Lipinski definition) is 4. The van der Waals surface area contributed by atoms with Gasteiger partial charge in [-0.25, -0.2) is 4.79 Å². The summed E-state index contributed by atoms with van der Waals surface area (Å²) in [4.78, 5) is 27.9. The lowest BCUT2D eigenvalue weighted by Crippen LogP contribution is -2.28. The highest BCUT2D eigenvalue weighted by molar-refractivity contribution is 5.88. The van der Waals surface area contributed by atoms with Crippen molar-refractivity contribution < 1.29 is 19.4 Å². The summed E-state index contributed by atoms with van der Waals surface area (Å²) in [6.45, 7) is 0.162.